The molecule has 0 rings (SSSR count). The molecule has 0 aliphatic carbocycles. The first-order valence-electron chi connectivity index (χ1n) is 6.04. The van der Waals surface area contributed by atoms with E-state index < -0.39 is 0 Å². The van der Waals surface area contributed by atoms with E-state index in [1.807, 2.05) is 6.92 Å². The Morgan fingerprint density at radius 3 is 2.60 bits per heavy atom. The van der Waals surface area contributed by atoms with E-state index in [-0.39, 0.29) is 6.10 Å². The predicted molar refractivity (Wildman–Crippen MR) is 63.7 cm³/mol. The Bertz CT molecular complexity index is 166. The highest BCUT2D eigenvalue weighted by Gasteiger charge is 2.12. The number of rotatable bonds is 9. The van der Waals surface area contributed by atoms with Gasteiger partial charge in [-0.3, -0.25) is 4.79 Å². The first kappa shape index (κ1) is 14.6. The largest absolute Gasteiger partial charge is 0.381 e. The van der Waals surface area contributed by atoms with Crippen LogP contribution in [0.2, 0.25) is 0 Å². The van der Waals surface area contributed by atoms with Crippen molar-refractivity contribution in [2.75, 3.05) is 6.61 Å². The highest BCUT2D eigenvalue weighted by molar-refractivity contribution is 5.77. The topological polar surface area (TPSA) is 26.3 Å². The van der Waals surface area contributed by atoms with E-state index in [1.54, 1.807) is 0 Å². The smallest absolute Gasteiger partial charge is 0.132 e. The maximum absolute atomic E-state index is 11.1. The number of hydrogen-bond acceptors (Lipinski definition) is 2. The van der Waals surface area contributed by atoms with Gasteiger partial charge >= 0.3 is 0 Å². The molecule has 0 aromatic rings. The maximum atomic E-state index is 11.1. The second-order valence-corrected chi connectivity index (χ2v) is 4.19. The molecule has 0 aromatic heterocycles. The quantitative estimate of drug-likeness (QED) is 0.549. The molecular formula is C13H25O2-. The van der Waals surface area contributed by atoms with Gasteiger partial charge in [-0.05, 0) is 25.7 Å². The highest BCUT2D eigenvalue weighted by atomic mass is 16.5. The van der Waals surface area contributed by atoms with Crippen LogP contribution >= 0.6 is 0 Å². The minimum Gasteiger partial charge on any atom is -0.381 e. The summed E-state index contributed by atoms with van der Waals surface area (Å²) in [6.45, 7) is 10.7. The standard InChI is InChI=1S/C13H25O2/c1-5-10-15-12(4)11(3)8-7-9-13(14)6-2/h11-12H,1,5-10H2,2-4H3/q-1. The number of ketones is 1. The second-order valence-electron chi connectivity index (χ2n) is 4.19. The molecule has 0 saturated heterocycles. The minimum absolute atomic E-state index is 0.281. The monoisotopic (exact) mass is 213 g/mol. The molecule has 2 unspecified atom stereocenters. The van der Waals surface area contributed by atoms with Crippen molar-refractivity contribution < 1.29 is 9.53 Å². The molecule has 0 spiro atoms. The second kappa shape index (κ2) is 8.90. The highest BCUT2D eigenvalue weighted by Crippen LogP contribution is 2.15. The van der Waals surface area contributed by atoms with Crippen molar-refractivity contribution in [3.05, 3.63) is 6.92 Å². The molecule has 0 amide bonds. The molecule has 0 fully saturated rings. The van der Waals surface area contributed by atoms with Crippen molar-refractivity contribution in [3.63, 3.8) is 0 Å². The van der Waals surface area contributed by atoms with Crippen molar-refractivity contribution in [2.24, 2.45) is 5.92 Å². The maximum Gasteiger partial charge on any atom is 0.132 e. The van der Waals surface area contributed by atoms with Gasteiger partial charge in [0.15, 0.2) is 0 Å². The van der Waals surface area contributed by atoms with Gasteiger partial charge in [0.25, 0.3) is 0 Å². The Kier molecular flexibility index (Phi) is 8.68. The van der Waals surface area contributed by atoms with E-state index in [2.05, 4.69) is 20.8 Å². The van der Waals surface area contributed by atoms with E-state index in [1.165, 1.54) is 0 Å². The van der Waals surface area contributed by atoms with Crippen LogP contribution in [0.1, 0.15) is 52.9 Å². The summed E-state index contributed by atoms with van der Waals surface area (Å²) in [6.07, 6.45) is 4.56. The van der Waals surface area contributed by atoms with Gasteiger partial charge in [-0.15, -0.1) is 0 Å². The SMILES string of the molecule is [CH2-]CCOC(C)C(C)CCCC(=O)CC. The molecule has 0 aliphatic rings. The van der Waals surface area contributed by atoms with Crippen molar-refractivity contribution >= 4 is 5.78 Å². The molecule has 2 nitrogen and oxygen atoms in total. The molecule has 0 heterocycles. The van der Waals surface area contributed by atoms with E-state index in [0.717, 1.165) is 32.3 Å². The number of Topliss-reactive ketones (excluding diaryl/α,β-unsaturated/α-hetero) is 1. The third-order valence-corrected chi connectivity index (χ3v) is 2.84. The minimum atomic E-state index is 0.281. The van der Waals surface area contributed by atoms with Gasteiger partial charge in [0.1, 0.15) is 5.78 Å². The molecule has 0 aromatic carbocycles. The molecule has 0 radical (unpaired) electrons. The summed E-state index contributed by atoms with van der Waals surface area (Å²) in [7, 11) is 0. The summed E-state index contributed by atoms with van der Waals surface area (Å²) in [5.41, 5.74) is 0. The van der Waals surface area contributed by atoms with Gasteiger partial charge in [0, 0.05) is 19.4 Å². The molecule has 2 atom stereocenters. The van der Waals surface area contributed by atoms with E-state index in [9.17, 15) is 4.79 Å². The average molecular weight is 213 g/mol. The zero-order valence-electron chi connectivity index (χ0n) is 10.4. The lowest BCUT2D eigenvalue weighted by molar-refractivity contribution is -0.118. The van der Waals surface area contributed by atoms with Crippen LogP contribution in [-0.2, 0) is 9.53 Å². The fourth-order valence-corrected chi connectivity index (χ4v) is 1.47. The Morgan fingerprint density at radius 1 is 1.40 bits per heavy atom. The number of hydrogen-bond donors (Lipinski definition) is 0. The lowest BCUT2D eigenvalue weighted by Crippen LogP contribution is -2.18. The number of carbonyl (C=O) groups is 1. The van der Waals surface area contributed by atoms with Gasteiger partial charge in [-0.1, -0.05) is 13.8 Å². The average Bonchev–Trinajstić information content (AvgIpc) is 2.25. The Balaban J connectivity index is 3.54. The van der Waals surface area contributed by atoms with Crippen molar-refractivity contribution in [1.82, 2.24) is 0 Å². The van der Waals surface area contributed by atoms with E-state index in [4.69, 9.17) is 4.74 Å². The lowest BCUT2D eigenvalue weighted by Gasteiger charge is -2.20. The Morgan fingerprint density at radius 2 is 2.07 bits per heavy atom. The fraction of sp³-hybridized carbons (Fsp3) is 0.846. The van der Waals surface area contributed by atoms with Gasteiger partial charge in [-0.2, -0.15) is 6.42 Å². The van der Waals surface area contributed by atoms with Crippen LogP contribution in [0.15, 0.2) is 0 Å². The molecule has 0 saturated carbocycles. The number of ether oxygens (including phenoxy) is 1. The van der Waals surface area contributed by atoms with Crippen LogP contribution in [0.5, 0.6) is 0 Å². The number of carbonyl (C=O) groups excluding carboxylic acids is 1. The van der Waals surface area contributed by atoms with Crippen molar-refractivity contribution in [2.45, 2.75) is 59.0 Å². The Hall–Kier alpha value is -0.370. The normalized spacial score (nSPS) is 14.9. The first-order valence-corrected chi connectivity index (χ1v) is 6.04. The lowest BCUT2D eigenvalue weighted by atomic mass is 9.98. The molecule has 0 aliphatic heterocycles. The van der Waals surface area contributed by atoms with Crippen LogP contribution in [-0.4, -0.2) is 18.5 Å². The summed E-state index contributed by atoms with van der Waals surface area (Å²) < 4.78 is 5.59. The van der Waals surface area contributed by atoms with Crippen molar-refractivity contribution in [1.29, 1.82) is 0 Å². The van der Waals surface area contributed by atoms with Crippen LogP contribution in [0.25, 0.3) is 0 Å². The Labute approximate surface area is 94.4 Å². The van der Waals surface area contributed by atoms with Gasteiger partial charge in [0.05, 0.1) is 6.10 Å². The molecule has 15 heavy (non-hydrogen) atoms. The molecular weight excluding hydrogens is 188 g/mol. The zero-order chi connectivity index (χ0) is 11.7. The summed E-state index contributed by atoms with van der Waals surface area (Å²) >= 11 is 0. The van der Waals surface area contributed by atoms with Gasteiger partial charge < -0.3 is 11.7 Å². The summed E-state index contributed by atoms with van der Waals surface area (Å²) in [5, 5.41) is 0. The summed E-state index contributed by atoms with van der Waals surface area (Å²) in [6, 6.07) is 0. The summed E-state index contributed by atoms with van der Waals surface area (Å²) in [4.78, 5) is 11.1. The van der Waals surface area contributed by atoms with Crippen LogP contribution < -0.4 is 0 Å². The van der Waals surface area contributed by atoms with E-state index >= 15 is 0 Å². The predicted octanol–water partition coefficient (Wildman–Crippen LogP) is 3.40. The zero-order valence-corrected chi connectivity index (χ0v) is 10.4. The van der Waals surface area contributed by atoms with Gasteiger partial charge in [-0.25, -0.2) is 0 Å². The van der Waals surface area contributed by atoms with Gasteiger partial charge in [0.2, 0.25) is 0 Å². The van der Waals surface area contributed by atoms with Crippen LogP contribution in [0.4, 0.5) is 0 Å². The first-order chi connectivity index (χ1) is 7.11. The molecule has 0 N–H and O–H groups in total. The van der Waals surface area contributed by atoms with E-state index in [0.29, 0.717) is 18.1 Å². The summed E-state index contributed by atoms with van der Waals surface area (Å²) in [5.74, 6) is 0.898. The van der Waals surface area contributed by atoms with Crippen molar-refractivity contribution in [3.8, 4) is 0 Å². The molecule has 2 heteroatoms. The van der Waals surface area contributed by atoms with Crippen LogP contribution in [0.3, 0.4) is 0 Å². The van der Waals surface area contributed by atoms with Crippen LogP contribution in [0, 0.1) is 12.8 Å². The molecule has 90 valence electrons. The third-order valence-electron chi connectivity index (χ3n) is 2.84. The molecule has 0 bridgehead atoms. The third kappa shape index (κ3) is 7.55. The fourth-order valence-electron chi connectivity index (χ4n) is 1.47.